The van der Waals surface area contributed by atoms with Crippen molar-refractivity contribution in [2.75, 3.05) is 34.3 Å². The van der Waals surface area contributed by atoms with Crippen molar-refractivity contribution >= 4 is 22.8 Å². The van der Waals surface area contributed by atoms with Gasteiger partial charge in [-0.2, -0.15) is 0 Å². The van der Waals surface area contributed by atoms with Gasteiger partial charge in [-0.05, 0) is 56.9 Å². The lowest BCUT2D eigenvalue weighted by atomic mass is 9.97. The van der Waals surface area contributed by atoms with E-state index in [2.05, 4.69) is 5.32 Å². The molecule has 3 aromatic rings. The van der Waals surface area contributed by atoms with Crippen molar-refractivity contribution in [3.63, 3.8) is 0 Å². The second-order valence-electron chi connectivity index (χ2n) is 7.34. The molecule has 1 amide bonds. The first-order chi connectivity index (χ1) is 14.8. The fourth-order valence-corrected chi connectivity index (χ4v) is 3.35. The molecule has 0 bridgehead atoms. The number of alkyl halides is 2. The zero-order valence-electron chi connectivity index (χ0n) is 17.6. The number of fused-ring (bicyclic) bond motifs is 1. The Labute approximate surface area is 178 Å². The van der Waals surface area contributed by atoms with Crippen LogP contribution in [0.15, 0.2) is 46.9 Å². The van der Waals surface area contributed by atoms with Crippen molar-refractivity contribution in [1.29, 1.82) is 0 Å². The SMILES string of the molecule is COC(=O)c1cc(C(=O)NCCCN(C)C)cc(-c2c(C(F)F)oc3ccccc23)c1. The third kappa shape index (κ3) is 5.08. The van der Waals surface area contributed by atoms with E-state index in [1.54, 1.807) is 24.3 Å². The van der Waals surface area contributed by atoms with Crippen LogP contribution in [-0.4, -0.2) is 51.1 Å². The van der Waals surface area contributed by atoms with Crippen LogP contribution in [0.4, 0.5) is 8.78 Å². The third-order valence-corrected chi connectivity index (χ3v) is 4.79. The first kappa shape index (κ1) is 22.4. The molecule has 1 aromatic heterocycles. The van der Waals surface area contributed by atoms with E-state index in [9.17, 15) is 18.4 Å². The van der Waals surface area contributed by atoms with Crippen LogP contribution in [0.3, 0.4) is 0 Å². The summed E-state index contributed by atoms with van der Waals surface area (Å²) in [5.41, 5.74) is 0.989. The first-order valence-electron chi connectivity index (χ1n) is 9.78. The van der Waals surface area contributed by atoms with E-state index in [1.807, 2.05) is 19.0 Å². The molecule has 6 nitrogen and oxygen atoms in total. The average molecular weight is 430 g/mol. The maximum atomic E-state index is 13.7. The monoisotopic (exact) mass is 430 g/mol. The molecule has 31 heavy (non-hydrogen) atoms. The lowest BCUT2D eigenvalue weighted by Crippen LogP contribution is -2.27. The van der Waals surface area contributed by atoms with Crippen LogP contribution in [0.2, 0.25) is 0 Å². The summed E-state index contributed by atoms with van der Waals surface area (Å²) in [4.78, 5) is 26.9. The highest BCUT2D eigenvalue weighted by Gasteiger charge is 2.25. The predicted octanol–water partition coefficient (Wildman–Crippen LogP) is 4.51. The van der Waals surface area contributed by atoms with Gasteiger partial charge in [-0.25, -0.2) is 13.6 Å². The van der Waals surface area contributed by atoms with E-state index in [1.165, 1.54) is 25.3 Å². The summed E-state index contributed by atoms with van der Waals surface area (Å²) in [6.07, 6.45) is -2.13. The number of nitrogens with zero attached hydrogens (tertiary/aromatic N) is 1. The molecular formula is C23H24F2N2O4. The highest BCUT2D eigenvalue weighted by molar-refractivity contribution is 6.03. The normalized spacial score (nSPS) is 11.3. The van der Waals surface area contributed by atoms with Crippen molar-refractivity contribution in [2.45, 2.75) is 12.8 Å². The Morgan fingerprint density at radius 3 is 2.52 bits per heavy atom. The van der Waals surface area contributed by atoms with Crippen molar-refractivity contribution in [1.82, 2.24) is 10.2 Å². The second kappa shape index (κ2) is 9.70. The summed E-state index contributed by atoms with van der Waals surface area (Å²) in [5.74, 6) is -1.59. The minimum Gasteiger partial charge on any atom is -0.465 e. The molecule has 8 heteroatoms. The molecule has 1 heterocycles. The molecule has 1 N–H and O–H groups in total. The molecule has 0 radical (unpaired) electrons. The van der Waals surface area contributed by atoms with Crippen molar-refractivity contribution in [3.8, 4) is 11.1 Å². The molecule has 0 aliphatic heterocycles. The Hall–Kier alpha value is -3.26. The quantitative estimate of drug-likeness (QED) is 0.421. The van der Waals surface area contributed by atoms with Crippen LogP contribution < -0.4 is 5.32 Å². The van der Waals surface area contributed by atoms with Gasteiger partial charge in [0.05, 0.1) is 12.7 Å². The molecule has 0 saturated carbocycles. The summed E-state index contributed by atoms with van der Waals surface area (Å²) in [6.45, 7) is 1.23. The molecule has 0 unspecified atom stereocenters. The number of hydrogen-bond donors (Lipinski definition) is 1. The molecule has 0 spiro atoms. The van der Waals surface area contributed by atoms with Crippen LogP contribution >= 0.6 is 0 Å². The number of methoxy groups -OCH3 is 1. The van der Waals surface area contributed by atoms with Gasteiger partial charge in [0.2, 0.25) is 0 Å². The summed E-state index contributed by atoms with van der Waals surface area (Å²) in [5, 5.41) is 3.27. The maximum Gasteiger partial charge on any atom is 0.337 e. The van der Waals surface area contributed by atoms with E-state index in [-0.39, 0.29) is 22.3 Å². The lowest BCUT2D eigenvalue weighted by Gasteiger charge is -2.12. The van der Waals surface area contributed by atoms with Crippen LogP contribution in [0, 0.1) is 0 Å². The van der Waals surface area contributed by atoms with E-state index >= 15 is 0 Å². The largest absolute Gasteiger partial charge is 0.465 e. The third-order valence-electron chi connectivity index (χ3n) is 4.79. The Kier molecular flexibility index (Phi) is 7.02. The van der Waals surface area contributed by atoms with Gasteiger partial charge >= 0.3 is 5.97 Å². The number of halogens is 2. The highest BCUT2D eigenvalue weighted by atomic mass is 19.3. The Balaban J connectivity index is 2.06. The summed E-state index contributed by atoms with van der Waals surface area (Å²) >= 11 is 0. The zero-order valence-corrected chi connectivity index (χ0v) is 17.6. The van der Waals surface area contributed by atoms with Crippen LogP contribution in [0.25, 0.3) is 22.1 Å². The van der Waals surface area contributed by atoms with Crippen LogP contribution in [0.5, 0.6) is 0 Å². The van der Waals surface area contributed by atoms with E-state index in [4.69, 9.17) is 9.15 Å². The number of carbonyl (C=O) groups is 2. The summed E-state index contributed by atoms with van der Waals surface area (Å²) < 4.78 is 37.6. The fourth-order valence-electron chi connectivity index (χ4n) is 3.35. The fraction of sp³-hybridized carbons (Fsp3) is 0.304. The number of hydrogen-bond acceptors (Lipinski definition) is 5. The lowest BCUT2D eigenvalue weighted by molar-refractivity contribution is 0.0600. The minimum atomic E-state index is -2.87. The molecule has 0 fully saturated rings. The van der Waals surface area contributed by atoms with E-state index < -0.39 is 24.1 Å². The van der Waals surface area contributed by atoms with Gasteiger partial charge in [-0.1, -0.05) is 18.2 Å². The molecule has 0 saturated heterocycles. The molecule has 2 aromatic carbocycles. The topological polar surface area (TPSA) is 71.8 Å². The predicted molar refractivity (Wildman–Crippen MR) is 113 cm³/mol. The smallest absolute Gasteiger partial charge is 0.337 e. The van der Waals surface area contributed by atoms with Crippen molar-refractivity contribution in [3.05, 3.63) is 59.4 Å². The molecular weight excluding hydrogens is 406 g/mol. The van der Waals surface area contributed by atoms with Gasteiger partial charge in [0, 0.05) is 23.1 Å². The number of rotatable bonds is 8. The number of nitrogens with one attached hydrogen (secondary N) is 1. The highest BCUT2D eigenvalue weighted by Crippen LogP contribution is 2.40. The number of para-hydroxylation sites is 1. The average Bonchev–Trinajstić information content (AvgIpc) is 3.15. The molecule has 164 valence electrons. The zero-order chi connectivity index (χ0) is 22.5. The number of ether oxygens (including phenoxy) is 1. The van der Waals surface area contributed by atoms with Crippen molar-refractivity contribution in [2.24, 2.45) is 0 Å². The second-order valence-corrected chi connectivity index (χ2v) is 7.34. The maximum absolute atomic E-state index is 13.7. The molecule has 0 aliphatic rings. The Bertz CT molecular complexity index is 1090. The number of benzene rings is 2. The first-order valence-corrected chi connectivity index (χ1v) is 9.78. The number of esters is 1. The summed E-state index contributed by atoms with van der Waals surface area (Å²) in [6, 6.07) is 10.9. The Morgan fingerprint density at radius 2 is 1.84 bits per heavy atom. The van der Waals surface area contributed by atoms with Crippen LogP contribution in [-0.2, 0) is 4.74 Å². The standard InChI is InChI=1S/C23H24F2N2O4/c1-27(2)10-6-9-26-22(28)15-11-14(12-16(13-15)23(29)30-3)19-17-7-4-5-8-18(17)31-20(19)21(24)25/h4-5,7-8,11-13,21H,6,9-10H2,1-3H3,(H,26,28). The van der Waals surface area contributed by atoms with Crippen LogP contribution in [0.1, 0.15) is 39.3 Å². The molecule has 0 aliphatic carbocycles. The number of carbonyl (C=O) groups excluding carboxylic acids is 2. The number of amides is 1. The molecule has 3 rings (SSSR count). The van der Waals surface area contributed by atoms with E-state index in [0.717, 1.165) is 13.0 Å². The van der Waals surface area contributed by atoms with Gasteiger partial charge in [-0.3, -0.25) is 4.79 Å². The van der Waals surface area contributed by atoms with E-state index in [0.29, 0.717) is 17.5 Å². The van der Waals surface area contributed by atoms with Gasteiger partial charge in [-0.15, -0.1) is 0 Å². The molecule has 0 atom stereocenters. The van der Waals surface area contributed by atoms with Gasteiger partial charge in [0.15, 0.2) is 5.76 Å². The minimum absolute atomic E-state index is 0.0870. The summed E-state index contributed by atoms with van der Waals surface area (Å²) in [7, 11) is 5.08. The van der Waals surface area contributed by atoms with Gasteiger partial charge < -0.3 is 19.4 Å². The Morgan fingerprint density at radius 1 is 1.13 bits per heavy atom. The van der Waals surface area contributed by atoms with Gasteiger partial charge in [0.1, 0.15) is 5.58 Å². The number of furan rings is 1. The van der Waals surface area contributed by atoms with Crippen molar-refractivity contribution < 1.29 is 27.5 Å². The van der Waals surface area contributed by atoms with Gasteiger partial charge in [0.25, 0.3) is 12.3 Å².